The van der Waals surface area contributed by atoms with Crippen LogP contribution in [0.3, 0.4) is 0 Å². The molecule has 0 aromatic heterocycles. The molecule has 2 amide bonds. The van der Waals surface area contributed by atoms with Gasteiger partial charge in [-0.15, -0.1) is 6.58 Å². The number of ether oxygens (including phenoxy) is 2. The molecular weight excluding hydrogens is 332 g/mol. The summed E-state index contributed by atoms with van der Waals surface area (Å²) < 4.78 is 10.4. The maximum atomic E-state index is 12.5. The zero-order valence-corrected chi connectivity index (χ0v) is 15.6. The monoisotopic (exact) mass is 360 g/mol. The number of methoxy groups -OCH3 is 2. The Morgan fingerprint density at radius 3 is 2.58 bits per heavy atom. The molecule has 2 rings (SSSR count). The number of nitrogens with zero attached hydrogens (tertiary/aromatic N) is 1. The third-order valence-electron chi connectivity index (χ3n) is 4.60. The minimum Gasteiger partial charge on any atom is -0.497 e. The van der Waals surface area contributed by atoms with Gasteiger partial charge in [0.05, 0.1) is 14.2 Å². The van der Waals surface area contributed by atoms with E-state index in [-0.39, 0.29) is 17.7 Å². The highest BCUT2D eigenvalue weighted by Gasteiger charge is 2.23. The molecule has 0 radical (unpaired) electrons. The standard InChI is InChI=1S/C20H28N2O4/c1-4-5-8-19(23)22-9-6-7-15(14-22)13-21-20(24)16-10-17(25-2)12-18(11-16)26-3/h4,10-12,15H,1,5-9,13-14H2,2-3H3,(H,21,24)/t15-/m0/s1. The lowest BCUT2D eigenvalue weighted by molar-refractivity contribution is -0.132. The molecule has 1 heterocycles. The molecule has 0 bridgehead atoms. The Morgan fingerprint density at radius 1 is 1.27 bits per heavy atom. The summed E-state index contributed by atoms with van der Waals surface area (Å²) in [7, 11) is 3.10. The van der Waals surface area contributed by atoms with E-state index in [1.54, 1.807) is 38.5 Å². The first-order chi connectivity index (χ1) is 12.6. The van der Waals surface area contributed by atoms with Crippen LogP contribution in [0.15, 0.2) is 30.9 Å². The summed E-state index contributed by atoms with van der Waals surface area (Å²) in [5, 5.41) is 2.97. The number of piperidine rings is 1. The highest BCUT2D eigenvalue weighted by Crippen LogP contribution is 2.23. The van der Waals surface area contributed by atoms with Crippen LogP contribution in [0, 0.1) is 5.92 Å². The highest BCUT2D eigenvalue weighted by atomic mass is 16.5. The number of nitrogens with one attached hydrogen (secondary N) is 1. The molecule has 1 aliphatic heterocycles. The van der Waals surface area contributed by atoms with Crippen molar-refractivity contribution in [1.29, 1.82) is 0 Å². The van der Waals surface area contributed by atoms with E-state index in [9.17, 15) is 9.59 Å². The lowest BCUT2D eigenvalue weighted by Crippen LogP contribution is -2.43. The van der Waals surface area contributed by atoms with Crippen LogP contribution in [0.25, 0.3) is 0 Å². The van der Waals surface area contributed by atoms with Crippen molar-refractivity contribution in [2.24, 2.45) is 5.92 Å². The first-order valence-corrected chi connectivity index (χ1v) is 8.97. The fourth-order valence-electron chi connectivity index (χ4n) is 3.12. The minimum atomic E-state index is -0.169. The van der Waals surface area contributed by atoms with Crippen LogP contribution in [-0.2, 0) is 4.79 Å². The molecule has 1 N–H and O–H groups in total. The number of carbonyl (C=O) groups is 2. The van der Waals surface area contributed by atoms with Gasteiger partial charge in [0, 0.05) is 37.7 Å². The Labute approximate surface area is 155 Å². The van der Waals surface area contributed by atoms with Crippen molar-refractivity contribution in [2.45, 2.75) is 25.7 Å². The Bertz CT molecular complexity index is 622. The lowest BCUT2D eigenvalue weighted by atomic mass is 9.97. The Kier molecular flexibility index (Phi) is 7.51. The van der Waals surface area contributed by atoms with Crippen LogP contribution in [0.5, 0.6) is 11.5 Å². The van der Waals surface area contributed by atoms with Crippen LogP contribution in [0.2, 0.25) is 0 Å². The number of carbonyl (C=O) groups excluding carboxylic acids is 2. The molecule has 0 spiro atoms. The number of amides is 2. The largest absolute Gasteiger partial charge is 0.497 e. The number of rotatable bonds is 8. The molecule has 1 aromatic rings. The third kappa shape index (κ3) is 5.51. The van der Waals surface area contributed by atoms with Gasteiger partial charge in [-0.05, 0) is 37.3 Å². The molecule has 1 fully saturated rings. The maximum Gasteiger partial charge on any atom is 0.251 e. The van der Waals surface area contributed by atoms with Crippen molar-refractivity contribution in [3.63, 3.8) is 0 Å². The zero-order chi connectivity index (χ0) is 18.9. The molecule has 6 heteroatoms. The smallest absolute Gasteiger partial charge is 0.251 e. The van der Waals surface area contributed by atoms with E-state index in [4.69, 9.17) is 9.47 Å². The van der Waals surface area contributed by atoms with Crippen molar-refractivity contribution in [2.75, 3.05) is 33.9 Å². The first kappa shape index (κ1) is 19.8. The van der Waals surface area contributed by atoms with Gasteiger partial charge >= 0.3 is 0 Å². The van der Waals surface area contributed by atoms with Gasteiger partial charge in [-0.3, -0.25) is 9.59 Å². The topological polar surface area (TPSA) is 67.9 Å². The predicted molar refractivity (Wildman–Crippen MR) is 101 cm³/mol. The number of benzene rings is 1. The molecule has 142 valence electrons. The van der Waals surface area contributed by atoms with Gasteiger partial charge in [0.15, 0.2) is 0 Å². The van der Waals surface area contributed by atoms with Crippen molar-refractivity contribution in [1.82, 2.24) is 10.2 Å². The average molecular weight is 360 g/mol. The Hall–Kier alpha value is -2.50. The van der Waals surface area contributed by atoms with Crippen molar-refractivity contribution < 1.29 is 19.1 Å². The summed E-state index contributed by atoms with van der Waals surface area (Å²) in [6, 6.07) is 5.10. The van der Waals surface area contributed by atoms with E-state index in [0.29, 0.717) is 43.0 Å². The summed E-state index contributed by atoms with van der Waals surface area (Å²) in [5.74, 6) is 1.42. The molecule has 0 aliphatic carbocycles. The Balaban J connectivity index is 1.90. The summed E-state index contributed by atoms with van der Waals surface area (Å²) in [5.41, 5.74) is 0.496. The molecule has 1 atom stereocenters. The van der Waals surface area contributed by atoms with E-state index in [0.717, 1.165) is 19.4 Å². The third-order valence-corrected chi connectivity index (χ3v) is 4.60. The quantitative estimate of drug-likeness (QED) is 0.724. The van der Waals surface area contributed by atoms with E-state index in [1.165, 1.54) is 0 Å². The Morgan fingerprint density at radius 2 is 1.96 bits per heavy atom. The van der Waals surface area contributed by atoms with Gasteiger partial charge in [-0.25, -0.2) is 0 Å². The predicted octanol–water partition coefficient (Wildman–Crippen LogP) is 2.64. The van der Waals surface area contributed by atoms with E-state index in [2.05, 4.69) is 11.9 Å². The lowest BCUT2D eigenvalue weighted by Gasteiger charge is -2.33. The van der Waals surface area contributed by atoms with E-state index in [1.807, 2.05) is 4.90 Å². The van der Waals surface area contributed by atoms with E-state index < -0.39 is 0 Å². The number of hydrogen-bond donors (Lipinski definition) is 1. The first-order valence-electron chi connectivity index (χ1n) is 8.97. The highest BCUT2D eigenvalue weighted by molar-refractivity contribution is 5.95. The number of allylic oxidation sites excluding steroid dienone is 1. The van der Waals surface area contributed by atoms with Crippen LogP contribution < -0.4 is 14.8 Å². The number of likely N-dealkylation sites (tertiary alicyclic amines) is 1. The second kappa shape index (κ2) is 9.85. The summed E-state index contributed by atoms with van der Waals surface area (Å²) in [6.07, 6.45) is 4.95. The van der Waals surface area contributed by atoms with Crippen LogP contribution in [0.4, 0.5) is 0 Å². The summed E-state index contributed by atoms with van der Waals surface area (Å²) in [4.78, 5) is 26.5. The molecule has 0 unspecified atom stereocenters. The van der Waals surface area contributed by atoms with Crippen LogP contribution >= 0.6 is 0 Å². The van der Waals surface area contributed by atoms with Gasteiger partial charge in [0.1, 0.15) is 11.5 Å². The van der Waals surface area contributed by atoms with Gasteiger partial charge in [0.2, 0.25) is 5.91 Å². The van der Waals surface area contributed by atoms with Gasteiger partial charge in [-0.2, -0.15) is 0 Å². The molecule has 1 aromatic carbocycles. The molecule has 0 saturated carbocycles. The van der Waals surface area contributed by atoms with E-state index >= 15 is 0 Å². The van der Waals surface area contributed by atoms with Gasteiger partial charge < -0.3 is 19.7 Å². The second-order valence-electron chi connectivity index (χ2n) is 6.49. The molecule has 26 heavy (non-hydrogen) atoms. The van der Waals surface area contributed by atoms with Crippen LogP contribution in [0.1, 0.15) is 36.0 Å². The van der Waals surface area contributed by atoms with Gasteiger partial charge in [0.25, 0.3) is 5.91 Å². The fraction of sp³-hybridized carbons (Fsp3) is 0.500. The van der Waals surface area contributed by atoms with Crippen molar-refractivity contribution >= 4 is 11.8 Å². The van der Waals surface area contributed by atoms with Crippen LogP contribution in [-0.4, -0.2) is 50.6 Å². The van der Waals surface area contributed by atoms with Crippen molar-refractivity contribution in [3.05, 3.63) is 36.4 Å². The minimum absolute atomic E-state index is 0.165. The maximum absolute atomic E-state index is 12.5. The molecule has 6 nitrogen and oxygen atoms in total. The summed E-state index contributed by atoms with van der Waals surface area (Å²) >= 11 is 0. The average Bonchev–Trinajstić information content (AvgIpc) is 2.69. The SMILES string of the molecule is C=CCCC(=O)N1CCC[C@@H](CNC(=O)c2cc(OC)cc(OC)c2)C1. The van der Waals surface area contributed by atoms with Gasteiger partial charge in [-0.1, -0.05) is 6.08 Å². The summed E-state index contributed by atoms with van der Waals surface area (Å²) in [6.45, 7) is 5.70. The molecular formula is C20H28N2O4. The molecule has 1 aliphatic rings. The second-order valence-corrected chi connectivity index (χ2v) is 6.49. The van der Waals surface area contributed by atoms with Crippen molar-refractivity contribution in [3.8, 4) is 11.5 Å². The zero-order valence-electron chi connectivity index (χ0n) is 15.6. The molecule has 1 saturated heterocycles. The fourth-order valence-corrected chi connectivity index (χ4v) is 3.12. The number of hydrogen-bond acceptors (Lipinski definition) is 4. The normalized spacial score (nSPS) is 16.7.